The highest BCUT2D eigenvalue weighted by Gasteiger charge is 2.61. The van der Waals surface area contributed by atoms with Gasteiger partial charge in [-0.2, -0.15) is 0 Å². The largest absolute Gasteiger partial charge is 0.461 e. The van der Waals surface area contributed by atoms with Crippen LogP contribution in [-0.4, -0.2) is 36.4 Å². The summed E-state index contributed by atoms with van der Waals surface area (Å²) in [6, 6.07) is 0. The molecule has 5 heteroatoms. The van der Waals surface area contributed by atoms with Crippen molar-refractivity contribution in [2.45, 2.75) is 69.7 Å². The van der Waals surface area contributed by atoms with E-state index in [4.69, 9.17) is 14.2 Å². The van der Waals surface area contributed by atoms with Crippen LogP contribution in [0.25, 0.3) is 0 Å². The van der Waals surface area contributed by atoms with Crippen molar-refractivity contribution in [3.63, 3.8) is 0 Å². The molecule has 0 aliphatic carbocycles. The summed E-state index contributed by atoms with van der Waals surface area (Å²) in [6.07, 6.45) is 8.17. The predicted octanol–water partition coefficient (Wildman–Crippen LogP) is 4.44. The van der Waals surface area contributed by atoms with Gasteiger partial charge >= 0.3 is 11.9 Å². The number of allylic oxidation sites excluding steroid dienone is 2. The molecule has 4 atom stereocenters. The Bertz CT molecular complexity index is 649. The number of hydrogen-bond donors (Lipinski definition) is 0. The van der Waals surface area contributed by atoms with Crippen LogP contribution < -0.4 is 0 Å². The molecule has 0 spiro atoms. The first-order valence-electron chi connectivity index (χ1n) is 9.94. The number of cyclic esters (lactones) is 1. The van der Waals surface area contributed by atoms with Gasteiger partial charge in [0.2, 0.25) is 0 Å². The van der Waals surface area contributed by atoms with E-state index in [0.717, 1.165) is 37.7 Å². The second-order valence-electron chi connectivity index (χ2n) is 7.81. The Morgan fingerprint density at radius 2 is 1.96 bits per heavy atom. The maximum absolute atomic E-state index is 12.0. The summed E-state index contributed by atoms with van der Waals surface area (Å²) >= 11 is 0. The number of carbonyl (C=O) groups excluding carboxylic acids is 2. The van der Waals surface area contributed by atoms with Gasteiger partial charge in [-0.15, -0.1) is 13.2 Å². The van der Waals surface area contributed by atoms with Crippen molar-refractivity contribution in [2.75, 3.05) is 6.61 Å². The number of carbonyl (C=O) groups is 2. The SMILES string of the molecule is C=CCCC(=O)OCC(=C)CCC[C@H]1C(=C)C(=O)O[C@@H]1[C@H]1O[C@]1(C)CCC=C. The minimum absolute atomic E-state index is 0.0500. The lowest BCUT2D eigenvalue weighted by Gasteiger charge is -2.17. The summed E-state index contributed by atoms with van der Waals surface area (Å²) in [5.41, 5.74) is 1.12. The van der Waals surface area contributed by atoms with E-state index in [0.29, 0.717) is 18.4 Å². The molecule has 0 saturated carbocycles. The van der Waals surface area contributed by atoms with Crippen molar-refractivity contribution in [3.05, 3.63) is 49.6 Å². The highest BCUT2D eigenvalue weighted by atomic mass is 16.6. The summed E-state index contributed by atoms with van der Waals surface area (Å²) in [4.78, 5) is 23.6. The van der Waals surface area contributed by atoms with Crippen molar-refractivity contribution < 1.29 is 23.8 Å². The van der Waals surface area contributed by atoms with Gasteiger partial charge in [0.1, 0.15) is 18.8 Å². The number of hydrogen-bond acceptors (Lipinski definition) is 5. The van der Waals surface area contributed by atoms with E-state index in [1.807, 2.05) is 6.08 Å². The Labute approximate surface area is 168 Å². The van der Waals surface area contributed by atoms with Crippen LogP contribution in [0.4, 0.5) is 0 Å². The van der Waals surface area contributed by atoms with Gasteiger partial charge in [0.05, 0.1) is 5.60 Å². The van der Waals surface area contributed by atoms with E-state index in [1.165, 1.54) is 0 Å². The van der Waals surface area contributed by atoms with Gasteiger partial charge in [0.25, 0.3) is 0 Å². The maximum atomic E-state index is 12.0. The van der Waals surface area contributed by atoms with Crippen LogP contribution in [0.2, 0.25) is 0 Å². The molecular weight excluding hydrogens is 356 g/mol. The first-order valence-corrected chi connectivity index (χ1v) is 9.94. The van der Waals surface area contributed by atoms with Crippen molar-refractivity contribution in [1.29, 1.82) is 0 Å². The lowest BCUT2D eigenvalue weighted by Crippen LogP contribution is -2.28. The average molecular weight is 389 g/mol. The summed E-state index contributed by atoms with van der Waals surface area (Å²) in [6.45, 7) is 17.5. The summed E-state index contributed by atoms with van der Waals surface area (Å²) in [7, 11) is 0. The summed E-state index contributed by atoms with van der Waals surface area (Å²) in [5, 5.41) is 0. The molecule has 2 fully saturated rings. The van der Waals surface area contributed by atoms with Crippen LogP contribution >= 0.6 is 0 Å². The van der Waals surface area contributed by atoms with E-state index in [9.17, 15) is 9.59 Å². The van der Waals surface area contributed by atoms with Crippen molar-refractivity contribution in [1.82, 2.24) is 0 Å². The van der Waals surface area contributed by atoms with Crippen LogP contribution in [-0.2, 0) is 23.8 Å². The standard InChI is InChI=1S/C23H32O5/c1-6-8-13-19(24)26-15-16(3)11-10-12-18-17(4)22(25)27-20(18)21-23(5,28-21)14-9-7-2/h6-7,18,20-21H,1-4,8-15H2,5H3/t18-,20-,21+,23+/m0/s1. The van der Waals surface area contributed by atoms with Gasteiger partial charge in [-0.25, -0.2) is 4.79 Å². The molecule has 154 valence electrons. The molecule has 0 aromatic rings. The minimum Gasteiger partial charge on any atom is -0.461 e. The molecule has 0 amide bonds. The molecular formula is C23H32O5. The Morgan fingerprint density at radius 1 is 1.25 bits per heavy atom. The van der Waals surface area contributed by atoms with Crippen LogP contribution in [0.15, 0.2) is 49.6 Å². The molecule has 0 aromatic heterocycles. The second kappa shape index (κ2) is 9.87. The van der Waals surface area contributed by atoms with Gasteiger partial charge in [-0.05, 0) is 51.0 Å². The molecule has 0 N–H and O–H groups in total. The third kappa shape index (κ3) is 5.68. The number of rotatable bonds is 13. The van der Waals surface area contributed by atoms with Crippen molar-refractivity contribution in [2.24, 2.45) is 5.92 Å². The molecule has 2 aliphatic rings. The first-order chi connectivity index (χ1) is 13.3. The molecule has 0 bridgehead atoms. The second-order valence-corrected chi connectivity index (χ2v) is 7.81. The van der Waals surface area contributed by atoms with E-state index >= 15 is 0 Å². The topological polar surface area (TPSA) is 65.1 Å². The van der Waals surface area contributed by atoms with Gasteiger partial charge in [0.15, 0.2) is 0 Å². The molecule has 2 aliphatic heterocycles. The Balaban J connectivity index is 1.78. The van der Waals surface area contributed by atoms with Crippen LogP contribution in [0.3, 0.4) is 0 Å². The molecule has 28 heavy (non-hydrogen) atoms. The van der Waals surface area contributed by atoms with Gasteiger partial charge in [-0.3, -0.25) is 4.79 Å². The fourth-order valence-corrected chi connectivity index (χ4v) is 3.62. The fraction of sp³-hybridized carbons (Fsp3) is 0.565. The molecule has 0 radical (unpaired) electrons. The molecule has 0 aromatic carbocycles. The number of esters is 2. The zero-order valence-electron chi connectivity index (χ0n) is 16.9. The van der Waals surface area contributed by atoms with Crippen molar-refractivity contribution >= 4 is 11.9 Å². The normalized spacial score (nSPS) is 28.5. The van der Waals surface area contributed by atoms with Gasteiger partial charge in [-0.1, -0.05) is 25.3 Å². The van der Waals surface area contributed by atoms with Crippen molar-refractivity contribution in [3.8, 4) is 0 Å². The maximum Gasteiger partial charge on any atom is 0.334 e. The lowest BCUT2D eigenvalue weighted by atomic mass is 9.85. The number of ether oxygens (including phenoxy) is 3. The van der Waals surface area contributed by atoms with Crippen LogP contribution in [0.5, 0.6) is 0 Å². The predicted molar refractivity (Wildman–Crippen MR) is 109 cm³/mol. The summed E-state index contributed by atoms with van der Waals surface area (Å²) < 4.78 is 16.7. The third-order valence-corrected chi connectivity index (χ3v) is 5.47. The molecule has 2 rings (SSSR count). The molecule has 0 unspecified atom stereocenters. The van der Waals surface area contributed by atoms with E-state index in [-0.39, 0.29) is 42.3 Å². The van der Waals surface area contributed by atoms with Crippen LogP contribution in [0, 0.1) is 5.92 Å². The monoisotopic (exact) mass is 388 g/mol. The third-order valence-electron chi connectivity index (χ3n) is 5.47. The molecule has 2 saturated heterocycles. The summed E-state index contributed by atoms with van der Waals surface area (Å²) in [5.74, 6) is -0.619. The zero-order valence-corrected chi connectivity index (χ0v) is 16.9. The average Bonchev–Trinajstić information content (AvgIpc) is 3.27. The van der Waals surface area contributed by atoms with E-state index in [2.05, 4.69) is 33.2 Å². The van der Waals surface area contributed by atoms with E-state index in [1.54, 1.807) is 6.08 Å². The zero-order chi connectivity index (χ0) is 20.7. The highest BCUT2D eigenvalue weighted by Crippen LogP contribution is 2.49. The fourth-order valence-electron chi connectivity index (χ4n) is 3.62. The quantitative estimate of drug-likeness (QED) is 0.202. The Morgan fingerprint density at radius 3 is 2.64 bits per heavy atom. The molecule has 2 heterocycles. The Hall–Kier alpha value is -2.14. The first kappa shape index (κ1) is 22.2. The lowest BCUT2D eigenvalue weighted by molar-refractivity contribution is -0.142. The highest BCUT2D eigenvalue weighted by molar-refractivity contribution is 5.91. The smallest absolute Gasteiger partial charge is 0.334 e. The molecule has 5 nitrogen and oxygen atoms in total. The number of epoxide rings is 1. The minimum atomic E-state index is -0.327. The van der Waals surface area contributed by atoms with Gasteiger partial charge < -0.3 is 14.2 Å². The van der Waals surface area contributed by atoms with E-state index < -0.39 is 0 Å². The Kier molecular flexibility index (Phi) is 7.81. The van der Waals surface area contributed by atoms with Crippen LogP contribution in [0.1, 0.15) is 51.9 Å². The van der Waals surface area contributed by atoms with Gasteiger partial charge in [0, 0.05) is 17.9 Å².